The van der Waals surface area contributed by atoms with Gasteiger partial charge >= 0.3 is 0 Å². The van der Waals surface area contributed by atoms with Crippen molar-refractivity contribution in [1.82, 2.24) is 9.97 Å². The fourth-order valence-electron chi connectivity index (χ4n) is 2.41. The van der Waals surface area contributed by atoms with Crippen molar-refractivity contribution in [3.05, 3.63) is 71.4 Å². The highest BCUT2D eigenvalue weighted by Gasteiger charge is 2.14. The van der Waals surface area contributed by atoms with Gasteiger partial charge in [-0.15, -0.1) is 0 Å². The number of carbonyl (C=O) groups is 1. The van der Waals surface area contributed by atoms with Crippen LogP contribution < -0.4 is 10.6 Å². The molecule has 0 aliphatic rings. The Kier molecular flexibility index (Phi) is 5.49. The molecule has 0 bridgehead atoms. The average molecular weight is 367 g/mol. The topological polar surface area (TPSA) is 66.9 Å². The minimum Gasteiger partial charge on any atom is -0.368 e. The second-order valence-electron chi connectivity index (χ2n) is 6.09. The summed E-state index contributed by atoms with van der Waals surface area (Å²) in [6.07, 6.45) is 0. The molecule has 1 aromatic heterocycles. The first-order chi connectivity index (χ1) is 12.5. The van der Waals surface area contributed by atoms with Crippen LogP contribution in [-0.4, -0.2) is 21.9 Å². The molecule has 0 atom stereocenters. The largest absolute Gasteiger partial charge is 0.368 e. The summed E-state index contributed by atoms with van der Waals surface area (Å²) in [5.74, 6) is 0.774. The maximum atomic E-state index is 12.7. The lowest BCUT2D eigenvalue weighted by molar-refractivity contribution is 0.102. The molecule has 1 heterocycles. The van der Waals surface area contributed by atoms with Crippen molar-refractivity contribution < 1.29 is 4.79 Å². The molecule has 26 heavy (non-hydrogen) atoms. The zero-order valence-corrected chi connectivity index (χ0v) is 15.3. The van der Waals surface area contributed by atoms with E-state index in [0.717, 1.165) is 5.56 Å². The molecule has 0 unspecified atom stereocenters. The quantitative estimate of drug-likeness (QED) is 0.676. The van der Waals surface area contributed by atoms with Gasteiger partial charge in [-0.05, 0) is 32.0 Å². The number of nitrogens with zero attached hydrogens (tertiary/aromatic N) is 2. The summed E-state index contributed by atoms with van der Waals surface area (Å²) in [5.41, 5.74) is 1.74. The van der Waals surface area contributed by atoms with Crippen LogP contribution in [0.3, 0.4) is 0 Å². The third-order valence-electron chi connectivity index (χ3n) is 3.51. The second-order valence-corrected chi connectivity index (χ2v) is 6.53. The summed E-state index contributed by atoms with van der Waals surface area (Å²) in [6, 6.07) is 18.4. The molecule has 2 N–H and O–H groups in total. The van der Waals surface area contributed by atoms with Gasteiger partial charge in [-0.1, -0.05) is 48.0 Å². The number of benzene rings is 2. The van der Waals surface area contributed by atoms with Gasteiger partial charge in [0.2, 0.25) is 0 Å². The predicted molar refractivity (Wildman–Crippen MR) is 106 cm³/mol. The van der Waals surface area contributed by atoms with Crippen molar-refractivity contribution in [2.24, 2.45) is 0 Å². The van der Waals surface area contributed by atoms with Crippen molar-refractivity contribution in [2.75, 3.05) is 10.6 Å². The summed E-state index contributed by atoms with van der Waals surface area (Å²) < 4.78 is 0. The Morgan fingerprint density at radius 2 is 1.77 bits per heavy atom. The monoisotopic (exact) mass is 366 g/mol. The fourth-order valence-corrected chi connectivity index (χ4v) is 2.60. The van der Waals surface area contributed by atoms with Crippen LogP contribution in [-0.2, 0) is 0 Å². The van der Waals surface area contributed by atoms with E-state index >= 15 is 0 Å². The molecule has 0 fully saturated rings. The Morgan fingerprint density at radius 1 is 1.00 bits per heavy atom. The van der Waals surface area contributed by atoms with Crippen LogP contribution in [0.5, 0.6) is 0 Å². The van der Waals surface area contributed by atoms with E-state index in [2.05, 4.69) is 20.6 Å². The molecule has 6 heteroatoms. The molecule has 0 aliphatic heterocycles. The molecule has 0 aliphatic carbocycles. The standard InChI is InChI=1S/C20H19ClN4O/c1-13(2)22-18-12-17(20(26)23-16-10-6-9-15(21)11-16)24-19(25-18)14-7-4-3-5-8-14/h3-13H,1-2H3,(H,23,26)(H,22,24,25). The third-order valence-corrected chi connectivity index (χ3v) is 3.74. The Hall–Kier alpha value is -2.92. The SMILES string of the molecule is CC(C)Nc1cc(C(=O)Nc2cccc(Cl)c2)nc(-c2ccccc2)n1. The highest BCUT2D eigenvalue weighted by atomic mass is 35.5. The first-order valence-electron chi connectivity index (χ1n) is 8.29. The van der Waals surface area contributed by atoms with E-state index in [1.165, 1.54) is 0 Å². The van der Waals surface area contributed by atoms with Gasteiger partial charge < -0.3 is 10.6 Å². The molecule has 2 aromatic carbocycles. The van der Waals surface area contributed by atoms with Crippen LogP contribution in [0.25, 0.3) is 11.4 Å². The number of amides is 1. The lowest BCUT2D eigenvalue weighted by atomic mass is 10.2. The van der Waals surface area contributed by atoms with Crippen LogP contribution in [0.1, 0.15) is 24.3 Å². The van der Waals surface area contributed by atoms with Gasteiger partial charge in [0.15, 0.2) is 5.82 Å². The number of aromatic nitrogens is 2. The summed E-state index contributed by atoms with van der Waals surface area (Å²) in [7, 11) is 0. The van der Waals surface area contributed by atoms with Crippen LogP contribution in [0, 0.1) is 0 Å². The lowest BCUT2D eigenvalue weighted by Crippen LogP contribution is -2.17. The number of hydrogen-bond acceptors (Lipinski definition) is 4. The highest BCUT2D eigenvalue weighted by molar-refractivity contribution is 6.30. The first kappa shape index (κ1) is 17.9. The highest BCUT2D eigenvalue weighted by Crippen LogP contribution is 2.20. The molecular weight excluding hydrogens is 348 g/mol. The van der Waals surface area contributed by atoms with E-state index in [0.29, 0.717) is 22.4 Å². The van der Waals surface area contributed by atoms with Crippen LogP contribution in [0.2, 0.25) is 5.02 Å². The molecule has 0 radical (unpaired) electrons. The normalized spacial score (nSPS) is 10.6. The number of anilines is 2. The van der Waals surface area contributed by atoms with E-state index in [9.17, 15) is 4.79 Å². The Bertz CT molecular complexity index is 913. The van der Waals surface area contributed by atoms with Crippen molar-refractivity contribution in [2.45, 2.75) is 19.9 Å². The number of halogens is 1. The molecule has 3 rings (SSSR count). The van der Waals surface area contributed by atoms with Gasteiger partial charge in [-0.3, -0.25) is 4.79 Å². The van der Waals surface area contributed by atoms with Crippen LogP contribution in [0.15, 0.2) is 60.7 Å². The maximum Gasteiger partial charge on any atom is 0.274 e. The van der Waals surface area contributed by atoms with E-state index in [4.69, 9.17) is 11.6 Å². The van der Waals surface area contributed by atoms with Gasteiger partial charge in [0.25, 0.3) is 5.91 Å². The van der Waals surface area contributed by atoms with Crippen LogP contribution in [0.4, 0.5) is 11.5 Å². The molecule has 0 saturated heterocycles. The molecule has 132 valence electrons. The zero-order chi connectivity index (χ0) is 18.5. The van der Waals surface area contributed by atoms with Crippen LogP contribution >= 0.6 is 11.6 Å². The molecule has 1 amide bonds. The molecule has 0 spiro atoms. The number of hydrogen-bond donors (Lipinski definition) is 2. The third kappa shape index (κ3) is 4.58. The van der Waals surface area contributed by atoms with Crippen molar-refractivity contribution >= 4 is 29.0 Å². The fraction of sp³-hybridized carbons (Fsp3) is 0.150. The summed E-state index contributed by atoms with van der Waals surface area (Å²) in [6.45, 7) is 4.02. The van der Waals surface area contributed by atoms with Gasteiger partial charge in [-0.25, -0.2) is 9.97 Å². The Labute approximate surface area is 157 Å². The first-order valence-corrected chi connectivity index (χ1v) is 8.67. The minimum absolute atomic E-state index is 0.178. The zero-order valence-electron chi connectivity index (χ0n) is 14.5. The molecule has 3 aromatic rings. The van der Waals surface area contributed by atoms with E-state index in [1.807, 2.05) is 44.2 Å². The summed E-state index contributed by atoms with van der Waals surface area (Å²) in [4.78, 5) is 21.6. The number of rotatable bonds is 5. The molecule has 5 nitrogen and oxygen atoms in total. The maximum absolute atomic E-state index is 12.7. The van der Waals surface area contributed by atoms with E-state index in [1.54, 1.807) is 30.3 Å². The molecule has 0 saturated carbocycles. The summed E-state index contributed by atoms with van der Waals surface area (Å²) in [5, 5.41) is 6.60. The second kappa shape index (κ2) is 7.97. The lowest BCUT2D eigenvalue weighted by Gasteiger charge is -2.12. The van der Waals surface area contributed by atoms with Crippen molar-refractivity contribution in [3.63, 3.8) is 0 Å². The minimum atomic E-state index is -0.321. The number of carbonyl (C=O) groups excluding carboxylic acids is 1. The van der Waals surface area contributed by atoms with E-state index < -0.39 is 0 Å². The number of nitrogens with one attached hydrogen (secondary N) is 2. The Morgan fingerprint density at radius 3 is 2.46 bits per heavy atom. The van der Waals surface area contributed by atoms with Crippen molar-refractivity contribution in [1.29, 1.82) is 0 Å². The van der Waals surface area contributed by atoms with Gasteiger partial charge in [0.05, 0.1) is 0 Å². The van der Waals surface area contributed by atoms with Gasteiger partial charge in [0, 0.05) is 28.4 Å². The van der Waals surface area contributed by atoms with E-state index in [-0.39, 0.29) is 17.6 Å². The molecular formula is C20H19ClN4O. The average Bonchev–Trinajstić information content (AvgIpc) is 2.61. The Balaban J connectivity index is 1.95. The smallest absolute Gasteiger partial charge is 0.274 e. The predicted octanol–water partition coefficient (Wildman–Crippen LogP) is 4.87. The summed E-state index contributed by atoms with van der Waals surface area (Å²) >= 11 is 5.98. The van der Waals surface area contributed by atoms with Gasteiger partial charge in [-0.2, -0.15) is 0 Å². The van der Waals surface area contributed by atoms with Gasteiger partial charge in [0.1, 0.15) is 11.5 Å². The van der Waals surface area contributed by atoms with Crippen molar-refractivity contribution in [3.8, 4) is 11.4 Å².